The van der Waals surface area contributed by atoms with Gasteiger partial charge in [0, 0.05) is 0 Å². The van der Waals surface area contributed by atoms with E-state index in [2.05, 4.69) is 57.2 Å². The summed E-state index contributed by atoms with van der Waals surface area (Å²) in [5.74, 6) is 0. The van der Waals surface area contributed by atoms with Crippen molar-refractivity contribution in [1.82, 2.24) is 0 Å². The Morgan fingerprint density at radius 2 is 1.86 bits per heavy atom. The summed E-state index contributed by atoms with van der Waals surface area (Å²) in [5, 5.41) is 1.35. The van der Waals surface area contributed by atoms with Crippen LogP contribution in [0.1, 0.15) is 52.0 Å². The molecule has 1 unspecified atom stereocenters. The van der Waals surface area contributed by atoms with Crippen molar-refractivity contribution in [3.8, 4) is 0 Å². The predicted molar refractivity (Wildman–Crippen MR) is 90.0 cm³/mol. The summed E-state index contributed by atoms with van der Waals surface area (Å²) < 4.78 is 6.28. The van der Waals surface area contributed by atoms with Gasteiger partial charge in [0.1, 0.15) is 0 Å². The molecule has 0 N–H and O–H groups in total. The topological polar surface area (TPSA) is 9.23 Å². The average molecular weight is 296 g/mol. The molecular weight excluding hydrogens is 272 g/mol. The van der Waals surface area contributed by atoms with Crippen molar-refractivity contribution >= 4 is 14.9 Å². The van der Waals surface area contributed by atoms with E-state index in [4.69, 9.17) is 4.43 Å². The highest BCUT2D eigenvalue weighted by atomic mass is 28.2. The quantitative estimate of drug-likeness (QED) is 0.765. The highest BCUT2D eigenvalue weighted by molar-refractivity contribution is 6.47. The number of hydrogen-bond acceptors (Lipinski definition) is 1. The Morgan fingerprint density at radius 1 is 1.10 bits per heavy atom. The molecular formula is C19H24OSi. The molecule has 1 nitrogen and oxygen atoms in total. The Labute approximate surface area is 131 Å². The summed E-state index contributed by atoms with van der Waals surface area (Å²) >= 11 is 0. The van der Waals surface area contributed by atoms with Gasteiger partial charge < -0.3 is 4.43 Å². The van der Waals surface area contributed by atoms with E-state index in [9.17, 15) is 0 Å². The molecule has 0 saturated heterocycles. The number of allylic oxidation sites excluding steroid dienone is 2. The van der Waals surface area contributed by atoms with Crippen LogP contribution < -0.4 is 5.19 Å². The summed E-state index contributed by atoms with van der Waals surface area (Å²) in [4.78, 5) is 0. The Balaban J connectivity index is 1.72. The van der Waals surface area contributed by atoms with Crippen molar-refractivity contribution in [2.45, 2.75) is 58.0 Å². The zero-order valence-electron chi connectivity index (χ0n) is 13.3. The van der Waals surface area contributed by atoms with Crippen molar-refractivity contribution in [2.75, 3.05) is 0 Å². The lowest BCUT2D eigenvalue weighted by molar-refractivity contribution is 0.299. The highest BCUT2D eigenvalue weighted by Gasteiger charge is 2.24. The maximum Gasteiger partial charge on any atom is 0.270 e. The first-order valence-electron chi connectivity index (χ1n) is 7.97. The van der Waals surface area contributed by atoms with Crippen molar-refractivity contribution in [1.29, 1.82) is 0 Å². The lowest BCUT2D eigenvalue weighted by atomic mass is 9.87. The molecule has 2 aliphatic carbocycles. The van der Waals surface area contributed by atoms with Gasteiger partial charge in [-0.25, -0.2) is 0 Å². The van der Waals surface area contributed by atoms with E-state index in [-0.39, 0.29) is 11.5 Å². The van der Waals surface area contributed by atoms with Crippen LogP contribution in [0.2, 0.25) is 0 Å². The minimum atomic E-state index is 0.174. The van der Waals surface area contributed by atoms with Crippen LogP contribution in [0.5, 0.6) is 0 Å². The second kappa shape index (κ2) is 5.94. The van der Waals surface area contributed by atoms with Gasteiger partial charge in [0.15, 0.2) is 0 Å². The fraction of sp³-hybridized carbons (Fsp3) is 0.474. The van der Waals surface area contributed by atoms with Gasteiger partial charge in [-0.2, -0.15) is 0 Å². The molecule has 1 atom stereocenters. The second-order valence-electron chi connectivity index (χ2n) is 7.05. The van der Waals surface area contributed by atoms with Crippen LogP contribution in [0.15, 0.2) is 47.6 Å². The van der Waals surface area contributed by atoms with Gasteiger partial charge in [0.2, 0.25) is 0 Å². The third-order valence-corrected chi connectivity index (χ3v) is 5.43. The van der Waals surface area contributed by atoms with Gasteiger partial charge in [-0.1, -0.05) is 57.2 Å². The van der Waals surface area contributed by atoms with E-state index < -0.39 is 0 Å². The average Bonchev–Trinajstić information content (AvgIpc) is 2.88. The molecule has 21 heavy (non-hydrogen) atoms. The van der Waals surface area contributed by atoms with E-state index in [0.29, 0.717) is 9.76 Å². The molecule has 1 aromatic carbocycles. The highest BCUT2D eigenvalue weighted by Crippen LogP contribution is 2.34. The Hall–Kier alpha value is -1.12. The van der Waals surface area contributed by atoms with Crippen molar-refractivity contribution in [3.05, 3.63) is 53.1 Å². The fourth-order valence-corrected chi connectivity index (χ4v) is 4.46. The number of rotatable bonds is 3. The number of benzene rings is 1. The number of hydrogen-bond donors (Lipinski definition) is 0. The molecule has 0 bridgehead atoms. The summed E-state index contributed by atoms with van der Waals surface area (Å²) in [6, 6.07) is 8.71. The van der Waals surface area contributed by atoms with E-state index in [0.717, 1.165) is 0 Å². The van der Waals surface area contributed by atoms with E-state index in [1.54, 1.807) is 11.1 Å². The first-order chi connectivity index (χ1) is 10.1. The Kier molecular flexibility index (Phi) is 4.18. The van der Waals surface area contributed by atoms with Gasteiger partial charge in [-0.05, 0) is 53.0 Å². The smallest absolute Gasteiger partial charge is 0.270 e. The largest absolute Gasteiger partial charge is 0.401 e. The fourth-order valence-electron chi connectivity index (χ4n) is 3.25. The van der Waals surface area contributed by atoms with Crippen LogP contribution in [-0.4, -0.2) is 15.9 Å². The third-order valence-electron chi connectivity index (χ3n) is 4.40. The van der Waals surface area contributed by atoms with Crippen LogP contribution >= 0.6 is 0 Å². The predicted octanol–water partition coefficient (Wildman–Crippen LogP) is 4.05. The Morgan fingerprint density at radius 3 is 2.67 bits per heavy atom. The summed E-state index contributed by atoms with van der Waals surface area (Å²) in [5.41, 5.74) is 4.67. The maximum absolute atomic E-state index is 6.28. The van der Waals surface area contributed by atoms with Crippen LogP contribution in [0.4, 0.5) is 0 Å². The molecule has 1 aromatic rings. The van der Waals surface area contributed by atoms with E-state index in [1.165, 1.54) is 36.4 Å². The van der Waals surface area contributed by atoms with Gasteiger partial charge >= 0.3 is 0 Å². The third kappa shape index (κ3) is 3.22. The molecule has 2 radical (unpaired) electrons. The van der Waals surface area contributed by atoms with Crippen LogP contribution in [0.3, 0.4) is 0 Å². The lowest BCUT2D eigenvalue weighted by Crippen LogP contribution is -2.31. The van der Waals surface area contributed by atoms with Gasteiger partial charge in [-0.3, -0.25) is 0 Å². The van der Waals surface area contributed by atoms with Crippen molar-refractivity contribution in [2.24, 2.45) is 0 Å². The van der Waals surface area contributed by atoms with E-state index in [1.807, 2.05) is 0 Å². The molecule has 2 heteroatoms. The monoisotopic (exact) mass is 296 g/mol. The second-order valence-corrected chi connectivity index (χ2v) is 8.03. The zero-order chi connectivity index (χ0) is 14.9. The molecule has 0 aromatic heterocycles. The molecule has 0 heterocycles. The van der Waals surface area contributed by atoms with Gasteiger partial charge in [-0.15, -0.1) is 0 Å². The summed E-state index contributed by atoms with van der Waals surface area (Å²) in [7, 11) is 0.430. The van der Waals surface area contributed by atoms with Crippen molar-refractivity contribution in [3.63, 3.8) is 0 Å². The SMILES string of the molecule is CC(C)(C)c1ccccc1[Si]OC1C=CC2=C1CCCC2. The molecule has 110 valence electrons. The Bertz CT molecular complexity index is 577. The molecule has 0 spiro atoms. The van der Waals surface area contributed by atoms with Crippen LogP contribution in [-0.2, 0) is 9.84 Å². The maximum atomic E-state index is 6.28. The van der Waals surface area contributed by atoms with Crippen LogP contribution in [0, 0.1) is 0 Å². The molecule has 0 saturated carbocycles. The summed E-state index contributed by atoms with van der Waals surface area (Å²) in [6.07, 6.45) is 9.90. The molecule has 0 aliphatic heterocycles. The lowest BCUT2D eigenvalue weighted by Gasteiger charge is -2.24. The van der Waals surface area contributed by atoms with E-state index >= 15 is 0 Å². The first kappa shape index (κ1) is 14.8. The summed E-state index contributed by atoms with van der Waals surface area (Å²) in [6.45, 7) is 6.81. The normalized spacial score (nSPS) is 21.8. The first-order valence-corrected chi connectivity index (χ1v) is 8.88. The zero-order valence-corrected chi connectivity index (χ0v) is 14.3. The minimum absolute atomic E-state index is 0.174. The molecule has 0 fully saturated rings. The van der Waals surface area contributed by atoms with Crippen molar-refractivity contribution < 1.29 is 4.43 Å². The van der Waals surface area contributed by atoms with Gasteiger partial charge in [0.05, 0.1) is 6.10 Å². The van der Waals surface area contributed by atoms with Gasteiger partial charge in [0.25, 0.3) is 9.76 Å². The molecule has 2 aliphatic rings. The molecule has 3 rings (SSSR count). The minimum Gasteiger partial charge on any atom is -0.401 e. The standard InChI is InChI=1S/C19H24OSi/c1-19(2,3)16-10-6-7-11-18(16)21-20-17-13-12-14-8-4-5-9-15(14)17/h6-7,10-13,17H,4-5,8-9H2,1-3H3. The van der Waals surface area contributed by atoms with Crippen LogP contribution in [0.25, 0.3) is 0 Å². The molecule has 0 amide bonds.